The maximum atomic E-state index is 11.8. The molecule has 23 heavy (non-hydrogen) atoms. The number of aromatic nitrogens is 3. The number of rotatable bonds is 5. The molecule has 4 atom stereocenters. The third-order valence-corrected chi connectivity index (χ3v) is 3.78. The average Bonchev–Trinajstić information content (AvgIpc) is 3.08. The van der Waals surface area contributed by atoms with Crippen molar-refractivity contribution >= 4 is 25.2 Å². The summed E-state index contributed by atoms with van der Waals surface area (Å²) in [5, 5.41) is 18.8. The minimum absolute atomic E-state index is 0.0671. The quantitative estimate of drug-likeness (QED) is 0.262. The van der Waals surface area contributed by atoms with Gasteiger partial charge in [0.25, 0.3) is 5.56 Å². The number of H-pyrrole nitrogens is 1. The van der Waals surface area contributed by atoms with Crippen LogP contribution in [0.25, 0.3) is 11.0 Å². The lowest BCUT2D eigenvalue weighted by Gasteiger charge is -2.17. The predicted octanol–water partition coefficient (Wildman–Crippen LogP) is -0.885. The first-order valence-corrected chi connectivity index (χ1v) is 7.99. The van der Waals surface area contributed by atoms with Gasteiger partial charge >= 0.3 is 0 Å². The van der Waals surface area contributed by atoms with Gasteiger partial charge in [0.2, 0.25) is 8.38 Å². The van der Waals surface area contributed by atoms with E-state index in [1.807, 2.05) is 0 Å². The SMILES string of the molecule is Nc1cc2c(ncn2[C@@H]2O[C@H](OOP(O)CO)C[C@@H]2O)c(=O)[nH]1. The lowest BCUT2D eigenvalue weighted by molar-refractivity contribution is -0.318. The molecule has 0 radical (unpaired) electrons. The van der Waals surface area contributed by atoms with Gasteiger partial charge in [-0.25, -0.2) is 4.98 Å². The Morgan fingerprint density at radius 1 is 1.61 bits per heavy atom. The number of hydrogen-bond donors (Lipinski definition) is 5. The largest absolute Gasteiger partial charge is 0.388 e. The maximum absolute atomic E-state index is 11.8. The number of pyridine rings is 1. The molecular formula is C11H15N4O7P. The van der Waals surface area contributed by atoms with Crippen LogP contribution in [0.15, 0.2) is 17.2 Å². The summed E-state index contributed by atoms with van der Waals surface area (Å²) in [6.07, 6.45) is -1.94. The van der Waals surface area contributed by atoms with Gasteiger partial charge in [0, 0.05) is 12.5 Å². The zero-order valence-corrected chi connectivity index (χ0v) is 12.6. The van der Waals surface area contributed by atoms with E-state index in [0.29, 0.717) is 5.52 Å². The first kappa shape index (κ1) is 16.3. The molecule has 0 saturated carbocycles. The zero-order chi connectivity index (χ0) is 16.6. The van der Waals surface area contributed by atoms with Gasteiger partial charge in [0.1, 0.15) is 18.3 Å². The van der Waals surface area contributed by atoms with Gasteiger partial charge in [0.05, 0.1) is 11.8 Å². The molecule has 2 aromatic heterocycles. The molecule has 0 aromatic carbocycles. The average molecular weight is 346 g/mol. The smallest absolute Gasteiger partial charge is 0.277 e. The normalized spacial score (nSPS) is 26.0. The number of ether oxygens (including phenoxy) is 1. The van der Waals surface area contributed by atoms with Crippen LogP contribution in [0.5, 0.6) is 0 Å². The summed E-state index contributed by atoms with van der Waals surface area (Å²) in [5.41, 5.74) is 5.73. The van der Waals surface area contributed by atoms with E-state index in [2.05, 4.69) is 14.6 Å². The summed E-state index contributed by atoms with van der Waals surface area (Å²) < 4.78 is 11.5. The van der Waals surface area contributed by atoms with E-state index >= 15 is 0 Å². The summed E-state index contributed by atoms with van der Waals surface area (Å²) in [6, 6.07) is 1.50. The number of hydrogen-bond acceptors (Lipinski definition) is 9. The molecule has 1 saturated heterocycles. The number of anilines is 1. The Balaban J connectivity index is 1.81. The second-order valence-corrected chi connectivity index (χ2v) is 6.00. The van der Waals surface area contributed by atoms with Gasteiger partial charge in [-0.3, -0.25) is 4.79 Å². The van der Waals surface area contributed by atoms with Gasteiger partial charge in [-0.15, -0.1) is 0 Å². The van der Waals surface area contributed by atoms with Crippen LogP contribution in [0.1, 0.15) is 12.6 Å². The van der Waals surface area contributed by atoms with E-state index in [1.165, 1.54) is 17.0 Å². The fourth-order valence-electron chi connectivity index (χ4n) is 2.31. The number of aliphatic hydroxyl groups excluding tert-OH is 2. The third-order valence-electron chi connectivity index (χ3n) is 3.28. The molecule has 1 aliphatic rings. The van der Waals surface area contributed by atoms with E-state index in [1.54, 1.807) is 0 Å². The monoisotopic (exact) mass is 346 g/mol. The van der Waals surface area contributed by atoms with Gasteiger partial charge in [0.15, 0.2) is 18.0 Å². The van der Waals surface area contributed by atoms with Crippen LogP contribution in [0.4, 0.5) is 5.82 Å². The number of nitrogens with zero attached hydrogens (tertiary/aromatic N) is 2. The van der Waals surface area contributed by atoms with Crippen molar-refractivity contribution < 1.29 is 29.4 Å². The number of aliphatic hydroxyl groups is 2. The number of nitrogens with two attached hydrogens (primary N) is 1. The van der Waals surface area contributed by atoms with Crippen molar-refractivity contribution in [2.75, 3.05) is 12.1 Å². The molecule has 1 aliphatic heterocycles. The minimum atomic E-state index is -2.11. The molecule has 12 heteroatoms. The van der Waals surface area contributed by atoms with Crippen molar-refractivity contribution in [3.05, 3.63) is 22.7 Å². The van der Waals surface area contributed by atoms with E-state index in [9.17, 15) is 9.90 Å². The van der Waals surface area contributed by atoms with Gasteiger partial charge in [-0.05, 0) is 0 Å². The molecule has 6 N–H and O–H groups in total. The number of imidazole rings is 1. The molecule has 126 valence electrons. The van der Waals surface area contributed by atoms with Crippen molar-refractivity contribution in [2.45, 2.75) is 25.0 Å². The fourth-order valence-corrected chi connectivity index (χ4v) is 2.56. The van der Waals surface area contributed by atoms with Crippen LogP contribution in [-0.4, -0.2) is 48.4 Å². The number of nitrogen functional groups attached to an aromatic ring is 1. The number of fused-ring (bicyclic) bond motifs is 1. The van der Waals surface area contributed by atoms with Crippen molar-refractivity contribution in [2.24, 2.45) is 0 Å². The molecule has 1 fully saturated rings. The first-order valence-electron chi connectivity index (χ1n) is 6.59. The van der Waals surface area contributed by atoms with Crippen LogP contribution in [0.2, 0.25) is 0 Å². The molecule has 3 heterocycles. The molecule has 0 spiro atoms. The summed E-state index contributed by atoms with van der Waals surface area (Å²) in [6.45, 7) is 0. The van der Waals surface area contributed by atoms with E-state index in [4.69, 9.17) is 25.4 Å². The summed E-state index contributed by atoms with van der Waals surface area (Å²) in [4.78, 5) is 32.1. The van der Waals surface area contributed by atoms with Crippen molar-refractivity contribution in [3.8, 4) is 0 Å². The van der Waals surface area contributed by atoms with Crippen molar-refractivity contribution in [1.82, 2.24) is 14.5 Å². The molecule has 0 amide bonds. The zero-order valence-electron chi connectivity index (χ0n) is 11.7. The Hall–Kier alpha value is -1.59. The van der Waals surface area contributed by atoms with Crippen LogP contribution in [-0.2, 0) is 14.3 Å². The van der Waals surface area contributed by atoms with E-state index in [-0.39, 0.29) is 17.8 Å². The Morgan fingerprint density at radius 3 is 3.13 bits per heavy atom. The van der Waals surface area contributed by atoms with E-state index in [0.717, 1.165) is 0 Å². The number of nitrogens with one attached hydrogen (secondary N) is 1. The summed E-state index contributed by atoms with van der Waals surface area (Å²) in [5.74, 6) is 0.154. The Bertz CT molecular complexity index is 750. The second-order valence-electron chi connectivity index (χ2n) is 4.86. The molecule has 3 rings (SSSR count). The number of aromatic amines is 1. The fraction of sp³-hybridized carbons (Fsp3) is 0.455. The molecule has 0 bridgehead atoms. The lowest BCUT2D eigenvalue weighted by atomic mass is 10.2. The molecule has 1 unspecified atom stereocenters. The first-order chi connectivity index (χ1) is 11.0. The van der Waals surface area contributed by atoms with Crippen molar-refractivity contribution in [1.29, 1.82) is 0 Å². The Labute approximate surface area is 130 Å². The highest BCUT2D eigenvalue weighted by Crippen LogP contribution is 2.35. The second kappa shape index (κ2) is 6.49. The summed E-state index contributed by atoms with van der Waals surface area (Å²) >= 11 is 0. The van der Waals surface area contributed by atoms with Crippen LogP contribution in [0, 0.1) is 0 Å². The molecule has 0 aliphatic carbocycles. The van der Waals surface area contributed by atoms with Crippen molar-refractivity contribution in [3.63, 3.8) is 0 Å². The molecular weight excluding hydrogens is 331 g/mol. The van der Waals surface area contributed by atoms with Gasteiger partial charge in [-0.1, -0.05) is 0 Å². The molecule has 2 aromatic rings. The summed E-state index contributed by atoms with van der Waals surface area (Å²) in [7, 11) is -2.11. The van der Waals surface area contributed by atoms with Crippen LogP contribution in [0.3, 0.4) is 0 Å². The Morgan fingerprint density at radius 2 is 2.39 bits per heavy atom. The highest BCUT2D eigenvalue weighted by Gasteiger charge is 2.37. The minimum Gasteiger partial charge on any atom is -0.388 e. The topological polar surface area (TPSA) is 165 Å². The lowest BCUT2D eigenvalue weighted by Crippen LogP contribution is -2.19. The molecule has 11 nitrogen and oxygen atoms in total. The third kappa shape index (κ3) is 3.21. The van der Waals surface area contributed by atoms with Gasteiger partial charge in [-0.2, -0.15) is 9.56 Å². The highest BCUT2D eigenvalue weighted by molar-refractivity contribution is 7.45. The predicted molar refractivity (Wildman–Crippen MR) is 77.7 cm³/mol. The standard InChI is InChI=1S/C11H15N4O7P/c12-7-1-5-9(10(18)14-7)13-3-15(5)11-6(17)2-8(20-11)21-22-23(19)4-16/h1,3,6,8,11,16-17,19H,2,4H2,(H3,12,14,18)/t6-,8+,11+,23?/m0/s1. The van der Waals surface area contributed by atoms with Crippen LogP contribution < -0.4 is 11.3 Å². The van der Waals surface area contributed by atoms with E-state index < -0.39 is 38.9 Å². The van der Waals surface area contributed by atoms with Gasteiger partial charge < -0.3 is 35.1 Å². The van der Waals surface area contributed by atoms with Crippen LogP contribution >= 0.6 is 8.38 Å². The maximum Gasteiger partial charge on any atom is 0.277 e. The Kier molecular flexibility index (Phi) is 4.60. The highest BCUT2D eigenvalue weighted by atomic mass is 31.2.